The first-order valence-electron chi connectivity index (χ1n) is 7.80. The van der Waals surface area contributed by atoms with Gasteiger partial charge in [0, 0.05) is 18.6 Å². The Morgan fingerprint density at radius 2 is 2.10 bits per heavy atom. The van der Waals surface area contributed by atoms with Crippen LogP contribution >= 0.6 is 0 Å². The molecule has 112 valence electrons. The van der Waals surface area contributed by atoms with Crippen molar-refractivity contribution >= 4 is 17.0 Å². The van der Waals surface area contributed by atoms with E-state index in [4.69, 9.17) is 0 Å². The third-order valence-corrected chi connectivity index (χ3v) is 5.20. The van der Waals surface area contributed by atoms with Crippen LogP contribution in [0, 0.1) is 11.7 Å². The van der Waals surface area contributed by atoms with Crippen LogP contribution in [0.1, 0.15) is 25.7 Å². The molecule has 3 heterocycles. The van der Waals surface area contributed by atoms with E-state index in [0.29, 0.717) is 5.92 Å². The van der Waals surface area contributed by atoms with E-state index in [0.717, 1.165) is 35.6 Å². The normalized spacial score (nSPS) is 29.1. The lowest BCUT2D eigenvalue weighted by molar-refractivity contribution is 0.139. The highest BCUT2D eigenvalue weighted by molar-refractivity contribution is 5.77. The molecule has 5 heteroatoms. The minimum Gasteiger partial charge on any atom is -0.356 e. The molecule has 2 fully saturated rings. The van der Waals surface area contributed by atoms with Crippen LogP contribution in [0.15, 0.2) is 18.2 Å². The molecule has 0 saturated carbocycles. The Labute approximate surface area is 123 Å². The average Bonchev–Trinajstić information content (AvgIpc) is 2.93. The summed E-state index contributed by atoms with van der Waals surface area (Å²) in [6.07, 6.45) is 5.24. The number of nitrogens with one attached hydrogen (secondary N) is 2. The smallest absolute Gasteiger partial charge is 0.201 e. The van der Waals surface area contributed by atoms with E-state index in [9.17, 15) is 4.39 Å². The number of piperidine rings is 1. The summed E-state index contributed by atoms with van der Waals surface area (Å²) in [5.74, 6) is 1.23. The van der Waals surface area contributed by atoms with Gasteiger partial charge in [-0.1, -0.05) is 0 Å². The number of hydrogen-bond acceptors (Lipinski definition) is 3. The van der Waals surface area contributed by atoms with Crippen LogP contribution in [-0.4, -0.2) is 40.5 Å². The van der Waals surface area contributed by atoms with Gasteiger partial charge in [-0.05, 0) is 56.8 Å². The second-order valence-electron chi connectivity index (χ2n) is 6.52. The number of benzene rings is 1. The SMILES string of the molecule is CN1C2CCC1CC(CNc1nc3ccc(F)cc3[nH]1)C2. The van der Waals surface area contributed by atoms with Crippen LogP contribution in [0.5, 0.6) is 0 Å². The van der Waals surface area contributed by atoms with Crippen LogP contribution in [0.2, 0.25) is 0 Å². The first kappa shape index (κ1) is 13.1. The summed E-state index contributed by atoms with van der Waals surface area (Å²) in [6.45, 7) is 0.948. The molecule has 2 atom stereocenters. The molecular weight excluding hydrogens is 267 g/mol. The van der Waals surface area contributed by atoms with Crippen molar-refractivity contribution in [3.8, 4) is 0 Å². The first-order valence-corrected chi connectivity index (χ1v) is 7.80. The molecule has 0 amide bonds. The lowest BCUT2D eigenvalue weighted by atomic mass is 9.91. The van der Waals surface area contributed by atoms with Crippen molar-refractivity contribution in [2.75, 3.05) is 18.9 Å². The Morgan fingerprint density at radius 1 is 1.33 bits per heavy atom. The topological polar surface area (TPSA) is 44.0 Å². The summed E-state index contributed by atoms with van der Waals surface area (Å²) in [6, 6.07) is 6.17. The maximum atomic E-state index is 13.2. The number of nitrogens with zero attached hydrogens (tertiary/aromatic N) is 2. The van der Waals surface area contributed by atoms with Gasteiger partial charge in [0.05, 0.1) is 11.0 Å². The van der Waals surface area contributed by atoms with Crippen LogP contribution in [0.25, 0.3) is 11.0 Å². The van der Waals surface area contributed by atoms with E-state index in [2.05, 4.69) is 27.2 Å². The molecule has 2 saturated heterocycles. The molecule has 1 aromatic carbocycles. The molecule has 2 bridgehead atoms. The predicted octanol–water partition coefficient (Wildman–Crippen LogP) is 2.99. The van der Waals surface area contributed by atoms with Crippen LogP contribution < -0.4 is 5.32 Å². The highest BCUT2D eigenvalue weighted by Crippen LogP contribution is 2.37. The average molecular weight is 288 g/mol. The molecule has 0 radical (unpaired) electrons. The molecular formula is C16H21FN4. The molecule has 2 unspecified atom stereocenters. The molecule has 2 aromatic rings. The molecule has 2 aliphatic heterocycles. The Kier molecular flexibility index (Phi) is 3.10. The van der Waals surface area contributed by atoms with Crippen LogP contribution in [-0.2, 0) is 0 Å². The summed E-state index contributed by atoms with van der Waals surface area (Å²) < 4.78 is 13.2. The van der Waals surface area contributed by atoms with Gasteiger partial charge in [-0.2, -0.15) is 0 Å². The van der Waals surface area contributed by atoms with Gasteiger partial charge in [0.25, 0.3) is 0 Å². The molecule has 4 nitrogen and oxygen atoms in total. The third-order valence-electron chi connectivity index (χ3n) is 5.20. The number of H-pyrrole nitrogens is 1. The Balaban J connectivity index is 1.42. The standard InChI is InChI=1S/C16H21FN4/c1-21-12-3-4-13(21)7-10(6-12)9-18-16-19-14-5-2-11(17)8-15(14)20-16/h2,5,8,10,12-13H,3-4,6-7,9H2,1H3,(H2,18,19,20). The largest absolute Gasteiger partial charge is 0.356 e. The highest BCUT2D eigenvalue weighted by Gasteiger charge is 2.38. The Hall–Kier alpha value is -1.62. The molecule has 2 aliphatic rings. The molecule has 21 heavy (non-hydrogen) atoms. The zero-order valence-corrected chi connectivity index (χ0v) is 12.3. The van der Waals surface area contributed by atoms with Crippen molar-refractivity contribution in [2.24, 2.45) is 5.92 Å². The van der Waals surface area contributed by atoms with Gasteiger partial charge >= 0.3 is 0 Å². The van der Waals surface area contributed by atoms with Crippen molar-refractivity contribution in [1.29, 1.82) is 0 Å². The van der Waals surface area contributed by atoms with Gasteiger partial charge in [-0.25, -0.2) is 9.37 Å². The van der Waals surface area contributed by atoms with Crippen LogP contribution in [0.4, 0.5) is 10.3 Å². The maximum absolute atomic E-state index is 13.2. The monoisotopic (exact) mass is 288 g/mol. The number of rotatable bonds is 3. The lowest BCUT2D eigenvalue weighted by Gasteiger charge is -2.36. The number of anilines is 1. The van der Waals surface area contributed by atoms with Crippen molar-refractivity contribution in [3.05, 3.63) is 24.0 Å². The molecule has 2 N–H and O–H groups in total. The number of aromatic nitrogens is 2. The summed E-state index contributed by atoms with van der Waals surface area (Å²) in [4.78, 5) is 10.2. The van der Waals surface area contributed by atoms with Crippen molar-refractivity contribution in [1.82, 2.24) is 14.9 Å². The number of imidazole rings is 1. The summed E-state index contributed by atoms with van der Waals surface area (Å²) in [5, 5.41) is 3.40. The van der Waals surface area contributed by atoms with Crippen molar-refractivity contribution < 1.29 is 4.39 Å². The predicted molar refractivity (Wildman–Crippen MR) is 81.8 cm³/mol. The van der Waals surface area contributed by atoms with Gasteiger partial charge in [0.2, 0.25) is 5.95 Å². The van der Waals surface area contributed by atoms with E-state index in [-0.39, 0.29) is 5.82 Å². The fourth-order valence-electron chi connectivity index (χ4n) is 4.00. The van der Waals surface area contributed by atoms with E-state index in [1.807, 2.05) is 0 Å². The van der Waals surface area contributed by atoms with Gasteiger partial charge in [0.15, 0.2) is 0 Å². The second kappa shape index (κ2) is 4.98. The van der Waals surface area contributed by atoms with Gasteiger partial charge in [-0.15, -0.1) is 0 Å². The number of hydrogen-bond donors (Lipinski definition) is 2. The highest BCUT2D eigenvalue weighted by atomic mass is 19.1. The fourth-order valence-corrected chi connectivity index (χ4v) is 4.00. The van der Waals surface area contributed by atoms with E-state index < -0.39 is 0 Å². The van der Waals surface area contributed by atoms with E-state index in [1.165, 1.54) is 37.8 Å². The quantitative estimate of drug-likeness (QED) is 0.912. The molecule has 0 spiro atoms. The van der Waals surface area contributed by atoms with Crippen molar-refractivity contribution in [2.45, 2.75) is 37.8 Å². The second-order valence-corrected chi connectivity index (χ2v) is 6.52. The van der Waals surface area contributed by atoms with Crippen molar-refractivity contribution in [3.63, 3.8) is 0 Å². The summed E-state index contributed by atoms with van der Waals surface area (Å²) in [5.41, 5.74) is 1.56. The molecule has 4 rings (SSSR count). The van der Waals surface area contributed by atoms with Gasteiger partial charge < -0.3 is 15.2 Å². The molecule has 1 aromatic heterocycles. The van der Waals surface area contributed by atoms with E-state index in [1.54, 1.807) is 6.07 Å². The zero-order chi connectivity index (χ0) is 14.4. The maximum Gasteiger partial charge on any atom is 0.201 e. The molecule has 0 aliphatic carbocycles. The number of aromatic amines is 1. The van der Waals surface area contributed by atoms with Gasteiger partial charge in [-0.3, -0.25) is 0 Å². The Morgan fingerprint density at radius 3 is 2.86 bits per heavy atom. The van der Waals surface area contributed by atoms with E-state index >= 15 is 0 Å². The third kappa shape index (κ3) is 2.39. The lowest BCUT2D eigenvalue weighted by Crippen LogP contribution is -2.41. The van der Waals surface area contributed by atoms with Crippen LogP contribution in [0.3, 0.4) is 0 Å². The number of fused-ring (bicyclic) bond motifs is 3. The summed E-state index contributed by atoms with van der Waals surface area (Å²) >= 11 is 0. The number of halogens is 1. The Bertz CT molecular complexity index is 639. The minimum absolute atomic E-state index is 0.232. The summed E-state index contributed by atoms with van der Waals surface area (Å²) in [7, 11) is 2.26. The van der Waals surface area contributed by atoms with Gasteiger partial charge in [0.1, 0.15) is 5.82 Å². The first-order chi connectivity index (χ1) is 10.2. The zero-order valence-electron chi connectivity index (χ0n) is 12.3. The minimum atomic E-state index is -0.232. The fraction of sp³-hybridized carbons (Fsp3) is 0.562.